The van der Waals surface area contributed by atoms with Crippen LogP contribution in [-0.2, 0) is 11.4 Å². The number of hydrogen-bond donors (Lipinski definition) is 0. The SMILES string of the molecule is CC1CCC(/C=N/[S+]([O-])C(C)(C)C)CC1. The molecule has 1 rings (SSSR count). The van der Waals surface area contributed by atoms with Crippen molar-refractivity contribution in [2.24, 2.45) is 16.2 Å². The van der Waals surface area contributed by atoms with Crippen molar-refractivity contribution in [3.05, 3.63) is 0 Å². The van der Waals surface area contributed by atoms with Gasteiger partial charge in [0.05, 0.1) is 6.21 Å². The van der Waals surface area contributed by atoms with Gasteiger partial charge >= 0.3 is 0 Å². The van der Waals surface area contributed by atoms with E-state index in [-0.39, 0.29) is 4.75 Å². The molecule has 0 spiro atoms. The molecule has 88 valence electrons. The topological polar surface area (TPSA) is 35.4 Å². The fraction of sp³-hybridized carbons (Fsp3) is 0.917. The lowest BCUT2D eigenvalue weighted by Crippen LogP contribution is -2.26. The number of rotatable bonds is 2. The van der Waals surface area contributed by atoms with Crippen molar-refractivity contribution in [1.29, 1.82) is 0 Å². The third-order valence-corrected chi connectivity index (χ3v) is 4.31. The van der Waals surface area contributed by atoms with Crippen molar-refractivity contribution < 1.29 is 4.55 Å². The van der Waals surface area contributed by atoms with Gasteiger partial charge in [0.1, 0.15) is 16.1 Å². The molecule has 1 atom stereocenters. The van der Waals surface area contributed by atoms with Gasteiger partial charge < -0.3 is 4.55 Å². The third-order valence-electron chi connectivity index (χ3n) is 2.95. The van der Waals surface area contributed by atoms with Crippen molar-refractivity contribution in [1.82, 2.24) is 0 Å². The number of hydrogen-bond acceptors (Lipinski definition) is 2. The maximum absolute atomic E-state index is 11.7. The maximum atomic E-state index is 11.7. The molecule has 0 aliphatic heterocycles. The second kappa shape index (κ2) is 5.35. The highest BCUT2D eigenvalue weighted by molar-refractivity contribution is 7.91. The summed E-state index contributed by atoms with van der Waals surface area (Å²) in [6.07, 6.45) is 6.95. The molecule has 15 heavy (non-hydrogen) atoms. The Labute approximate surface area is 96.9 Å². The molecule has 0 aromatic heterocycles. The highest BCUT2D eigenvalue weighted by atomic mass is 32.2. The Morgan fingerprint density at radius 2 is 1.73 bits per heavy atom. The molecule has 0 heterocycles. The fourth-order valence-electron chi connectivity index (χ4n) is 1.73. The average Bonchev–Trinajstić information content (AvgIpc) is 2.15. The van der Waals surface area contributed by atoms with Gasteiger partial charge in [0.15, 0.2) is 0 Å². The summed E-state index contributed by atoms with van der Waals surface area (Å²) in [4.78, 5) is 0. The minimum atomic E-state index is -1.08. The molecule has 0 aromatic rings. The van der Waals surface area contributed by atoms with E-state index in [1.54, 1.807) is 0 Å². The predicted octanol–water partition coefficient (Wildman–Crippen LogP) is 3.35. The van der Waals surface area contributed by atoms with E-state index in [2.05, 4.69) is 11.3 Å². The van der Waals surface area contributed by atoms with Crippen LogP contribution in [0.3, 0.4) is 0 Å². The van der Waals surface area contributed by atoms with E-state index in [1.165, 1.54) is 25.7 Å². The zero-order valence-corrected chi connectivity index (χ0v) is 11.1. The van der Waals surface area contributed by atoms with Crippen molar-refractivity contribution >= 4 is 17.6 Å². The molecule has 1 unspecified atom stereocenters. The van der Waals surface area contributed by atoms with Gasteiger partial charge in [-0.25, -0.2) is 0 Å². The standard InChI is InChI=1S/C12H23NOS/c1-10-5-7-11(8-6-10)9-13-15(14)12(2,3)4/h9-11H,5-8H2,1-4H3/b13-9+. The Kier molecular flexibility index (Phi) is 4.65. The summed E-state index contributed by atoms with van der Waals surface area (Å²) in [6.45, 7) is 8.19. The molecular formula is C12H23NOS. The summed E-state index contributed by atoms with van der Waals surface area (Å²) in [5, 5.41) is 0. The first-order chi connectivity index (χ1) is 6.89. The number of nitrogens with zero attached hydrogens (tertiary/aromatic N) is 1. The van der Waals surface area contributed by atoms with Crippen LogP contribution in [0.15, 0.2) is 4.40 Å². The zero-order valence-electron chi connectivity index (χ0n) is 10.3. The van der Waals surface area contributed by atoms with E-state index >= 15 is 0 Å². The van der Waals surface area contributed by atoms with Gasteiger partial charge in [-0.15, -0.1) is 0 Å². The molecule has 0 N–H and O–H groups in total. The van der Waals surface area contributed by atoms with Gasteiger partial charge in [-0.05, 0) is 45.4 Å². The molecule has 0 aromatic carbocycles. The summed E-state index contributed by atoms with van der Waals surface area (Å²) in [7, 11) is 0. The largest absolute Gasteiger partial charge is 0.591 e. The van der Waals surface area contributed by atoms with E-state index in [4.69, 9.17) is 0 Å². The summed E-state index contributed by atoms with van der Waals surface area (Å²) >= 11 is -1.08. The Morgan fingerprint density at radius 1 is 1.20 bits per heavy atom. The van der Waals surface area contributed by atoms with E-state index in [0.717, 1.165) is 5.92 Å². The molecular weight excluding hydrogens is 206 g/mol. The molecule has 1 fully saturated rings. The molecule has 0 radical (unpaired) electrons. The molecule has 0 saturated heterocycles. The van der Waals surface area contributed by atoms with Crippen LogP contribution in [0.1, 0.15) is 53.4 Å². The minimum Gasteiger partial charge on any atom is -0.591 e. The van der Waals surface area contributed by atoms with Crippen LogP contribution in [0.2, 0.25) is 0 Å². The van der Waals surface area contributed by atoms with Gasteiger partial charge in [-0.1, -0.05) is 24.2 Å². The van der Waals surface area contributed by atoms with E-state index in [9.17, 15) is 4.55 Å². The lowest BCUT2D eigenvalue weighted by Gasteiger charge is -2.23. The Bertz CT molecular complexity index is 214. The summed E-state index contributed by atoms with van der Waals surface area (Å²) in [5.41, 5.74) is 0. The first kappa shape index (κ1) is 13.0. The van der Waals surface area contributed by atoms with Crippen molar-refractivity contribution in [2.75, 3.05) is 0 Å². The van der Waals surface area contributed by atoms with Crippen LogP contribution in [0.4, 0.5) is 0 Å². The van der Waals surface area contributed by atoms with Gasteiger partial charge in [-0.2, -0.15) is 0 Å². The summed E-state index contributed by atoms with van der Waals surface area (Å²) < 4.78 is 15.7. The monoisotopic (exact) mass is 229 g/mol. The van der Waals surface area contributed by atoms with Gasteiger partial charge in [0.25, 0.3) is 0 Å². The second-order valence-electron chi connectivity index (χ2n) is 5.64. The molecule has 0 amide bonds. The molecule has 2 nitrogen and oxygen atoms in total. The highest BCUT2D eigenvalue weighted by Crippen LogP contribution is 2.27. The van der Waals surface area contributed by atoms with Crippen LogP contribution in [-0.4, -0.2) is 15.5 Å². The Hall–Kier alpha value is -0.0200. The highest BCUT2D eigenvalue weighted by Gasteiger charge is 2.26. The molecule has 1 saturated carbocycles. The van der Waals surface area contributed by atoms with Crippen molar-refractivity contribution in [3.63, 3.8) is 0 Å². The third kappa shape index (κ3) is 4.56. The fourth-order valence-corrected chi connectivity index (χ4v) is 2.33. The van der Waals surface area contributed by atoms with Crippen LogP contribution >= 0.6 is 0 Å². The maximum Gasteiger partial charge on any atom is 0.144 e. The molecule has 3 heteroatoms. The second-order valence-corrected chi connectivity index (χ2v) is 7.57. The van der Waals surface area contributed by atoms with E-state index in [1.807, 2.05) is 27.0 Å². The van der Waals surface area contributed by atoms with E-state index < -0.39 is 11.4 Å². The normalized spacial score (nSPS) is 30.7. The first-order valence-electron chi connectivity index (χ1n) is 5.86. The predicted molar refractivity (Wildman–Crippen MR) is 67.5 cm³/mol. The smallest absolute Gasteiger partial charge is 0.144 e. The summed E-state index contributed by atoms with van der Waals surface area (Å²) in [5.74, 6) is 1.43. The van der Waals surface area contributed by atoms with Gasteiger partial charge in [0, 0.05) is 0 Å². The van der Waals surface area contributed by atoms with Crippen LogP contribution in [0.5, 0.6) is 0 Å². The van der Waals surface area contributed by atoms with Crippen molar-refractivity contribution in [2.45, 2.75) is 58.1 Å². The van der Waals surface area contributed by atoms with Crippen molar-refractivity contribution in [3.8, 4) is 0 Å². The molecule has 0 bridgehead atoms. The van der Waals surface area contributed by atoms with Crippen LogP contribution in [0.25, 0.3) is 0 Å². The Balaban J connectivity index is 2.38. The van der Waals surface area contributed by atoms with Gasteiger partial charge in [0.2, 0.25) is 0 Å². The Morgan fingerprint density at radius 3 is 2.20 bits per heavy atom. The van der Waals surface area contributed by atoms with Crippen LogP contribution in [0, 0.1) is 11.8 Å². The minimum absolute atomic E-state index is 0.224. The molecule has 1 aliphatic carbocycles. The lowest BCUT2D eigenvalue weighted by molar-refractivity contribution is 0.347. The quantitative estimate of drug-likeness (QED) is 0.528. The zero-order chi connectivity index (χ0) is 11.5. The van der Waals surface area contributed by atoms with E-state index in [0.29, 0.717) is 5.92 Å². The lowest BCUT2D eigenvalue weighted by atomic mass is 9.84. The average molecular weight is 229 g/mol. The molecule has 1 aliphatic rings. The van der Waals surface area contributed by atoms with Gasteiger partial charge in [-0.3, -0.25) is 0 Å². The van der Waals surface area contributed by atoms with Crippen LogP contribution < -0.4 is 0 Å². The summed E-state index contributed by atoms with van der Waals surface area (Å²) in [6, 6.07) is 0. The first-order valence-corrected chi connectivity index (χ1v) is 6.96.